The van der Waals surface area contributed by atoms with Gasteiger partial charge in [-0.1, -0.05) is 42.5 Å². The molecule has 1 heterocycles. The van der Waals surface area contributed by atoms with E-state index in [-0.39, 0.29) is 35.4 Å². The highest BCUT2D eigenvalue weighted by Gasteiger charge is 2.27. The molecule has 0 saturated heterocycles. The SMILES string of the molecule is COc1ccc(C(=O)NC[C@H]2COc3ccccc3O2)cc1S(=O)(=O)N(C)Cc1ccccc1. The molecule has 0 radical (unpaired) electrons. The van der Waals surface area contributed by atoms with Gasteiger partial charge in [-0.2, -0.15) is 4.31 Å². The number of carbonyl (C=O) groups excluding carboxylic acids is 1. The van der Waals surface area contributed by atoms with E-state index in [0.717, 1.165) is 5.56 Å². The lowest BCUT2D eigenvalue weighted by molar-refractivity contribution is 0.0789. The van der Waals surface area contributed by atoms with Crippen LogP contribution in [0, 0.1) is 0 Å². The quantitative estimate of drug-likeness (QED) is 0.530. The number of nitrogens with zero attached hydrogens (tertiary/aromatic N) is 1. The third-order valence-corrected chi connectivity index (χ3v) is 7.24. The zero-order valence-electron chi connectivity index (χ0n) is 18.9. The molecule has 1 aliphatic rings. The van der Waals surface area contributed by atoms with Crippen molar-refractivity contribution in [2.24, 2.45) is 0 Å². The van der Waals surface area contributed by atoms with Crippen molar-refractivity contribution in [1.29, 1.82) is 0 Å². The molecule has 4 rings (SSSR count). The van der Waals surface area contributed by atoms with Crippen LogP contribution in [0.15, 0.2) is 77.7 Å². The van der Waals surface area contributed by atoms with Crippen molar-refractivity contribution >= 4 is 15.9 Å². The van der Waals surface area contributed by atoms with E-state index >= 15 is 0 Å². The summed E-state index contributed by atoms with van der Waals surface area (Å²) < 4.78 is 44.6. The molecule has 0 fully saturated rings. The van der Waals surface area contributed by atoms with E-state index in [1.807, 2.05) is 48.5 Å². The Balaban J connectivity index is 1.47. The van der Waals surface area contributed by atoms with Crippen LogP contribution < -0.4 is 19.5 Å². The summed E-state index contributed by atoms with van der Waals surface area (Å²) in [5.41, 5.74) is 1.04. The lowest BCUT2D eigenvalue weighted by Gasteiger charge is -2.26. The fraction of sp³-hybridized carbons (Fsp3) is 0.240. The van der Waals surface area contributed by atoms with Crippen LogP contribution in [-0.2, 0) is 16.6 Å². The number of sulfonamides is 1. The van der Waals surface area contributed by atoms with E-state index in [1.54, 1.807) is 6.07 Å². The lowest BCUT2D eigenvalue weighted by Crippen LogP contribution is -2.40. The summed E-state index contributed by atoms with van der Waals surface area (Å²) in [6.45, 7) is 0.683. The average molecular weight is 483 g/mol. The van der Waals surface area contributed by atoms with Crippen LogP contribution in [0.3, 0.4) is 0 Å². The number of amides is 1. The summed E-state index contributed by atoms with van der Waals surface area (Å²) in [5, 5.41) is 2.79. The molecule has 0 aromatic heterocycles. The molecular formula is C25H26N2O6S. The van der Waals surface area contributed by atoms with Gasteiger partial charge in [-0.25, -0.2) is 8.42 Å². The van der Waals surface area contributed by atoms with Crippen molar-refractivity contribution < 1.29 is 27.4 Å². The second-order valence-electron chi connectivity index (χ2n) is 7.82. The Morgan fingerprint density at radius 1 is 1.06 bits per heavy atom. The highest BCUT2D eigenvalue weighted by molar-refractivity contribution is 7.89. The van der Waals surface area contributed by atoms with Gasteiger partial charge in [-0.3, -0.25) is 4.79 Å². The molecule has 0 aliphatic carbocycles. The van der Waals surface area contributed by atoms with Gasteiger partial charge in [0.1, 0.15) is 23.4 Å². The number of benzene rings is 3. The summed E-state index contributed by atoms with van der Waals surface area (Å²) in [6, 6.07) is 20.9. The van der Waals surface area contributed by atoms with Gasteiger partial charge in [0, 0.05) is 19.2 Å². The van der Waals surface area contributed by atoms with Crippen LogP contribution in [0.5, 0.6) is 17.2 Å². The van der Waals surface area contributed by atoms with Gasteiger partial charge in [0.2, 0.25) is 10.0 Å². The van der Waals surface area contributed by atoms with Gasteiger partial charge in [0.05, 0.1) is 13.7 Å². The van der Waals surface area contributed by atoms with Gasteiger partial charge in [0.25, 0.3) is 5.91 Å². The first kappa shape index (κ1) is 23.6. The third-order valence-electron chi connectivity index (χ3n) is 5.42. The normalized spacial score (nSPS) is 15.1. The monoisotopic (exact) mass is 482 g/mol. The molecule has 1 atom stereocenters. The van der Waals surface area contributed by atoms with Crippen LogP contribution in [-0.4, -0.2) is 52.0 Å². The predicted octanol–water partition coefficient (Wildman–Crippen LogP) is 3.09. The molecule has 0 saturated carbocycles. The highest BCUT2D eigenvalue weighted by atomic mass is 32.2. The van der Waals surface area contributed by atoms with Crippen molar-refractivity contribution in [1.82, 2.24) is 9.62 Å². The molecular weight excluding hydrogens is 456 g/mol. The van der Waals surface area contributed by atoms with E-state index in [0.29, 0.717) is 18.1 Å². The molecule has 3 aromatic rings. The molecule has 0 bridgehead atoms. The van der Waals surface area contributed by atoms with Crippen molar-refractivity contribution in [2.45, 2.75) is 17.5 Å². The molecule has 9 heteroatoms. The maximum absolute atomic E-state index is 13.3. The van der Waals surface area contributed by atoms with Crippen LogP contribution in [0.1, 0.15) is 15.9 Å². The van der Waals surface area contributed by atoms with Crippen LogP contribution in [0.2, 0.25) is 0 Å². The number of carbonyl (C=O) groups is 1. The Morgan fingerprint density at radius 2 is 1.76 bits per heavy atom. The molecule has 3 aromatic carbocycles. The predicted molar refractivity (Wildman–Crippen MR) is 127 cm³/mol. The fourth-order valence-corrected chi connectivity index (χ4v) is 4.92. The average Bonchev–Trinajstić information content (AvgIpc) is 2.87. The molecule has 8 nitrogen and oxygen atoms in total. The van der Waals surface area contributed by atoms with E-state index < -0.39 is 15.9 Å². The van der Waals surface area contributed by atoms with E-state index in [2.05, 4.69) is 5.32 Å². The van der Waals surface area contributed by atoms with Crippen molar-refractivity contribution in [3.8, 4) is 17.2 Å². The van der Waals surface area contributed by atoms with Crippen molar-refractivity contribution in [3.05, 3.63) is 83.9 Å². The molecule has 0 unspecified atom stereocenters. The minimum Gasteiger partial charge on any atom is -0.495 e. The summed E-state index contributed by atoms with van der Waals surface area (Å²) in [5.74, 6) is 1.02. The summed E-state index contributed by atoms with van der Waals surface area (Å²) in [6.07, 6.45) is -0.364. The topological polar surface area (TPSA) is 94.2 Å². The molecule has 1 aliphatic heterocycles. The Kier molecular flexibility index (Phi) is 7.04. The zero-order valence-corrected chi connectivity index (χ0v) is 19.7. The number of ether oxygens (including phenoxy) is 3. The van der Waals surface area contributed by atoms with E-state index in [4.69, 9.17) is 14.2 Å². The minimum absolute atomic E-state index is 0.0766. The number of para-hydroxylation sites is 2. The molecule has 178 valence electrons. The Morgan fingerprint density at radius 3 is 2.50 bits per heavy atom. The summed E-state index contributed by atoms with van der Waals surface area (Å²) in [4.78, 5) is 12.7. The van der Waals surface area contributed by atoms with E-state index in [9.17, 15) is 13.2 Å². The Labute approximate surface area is 199 Å². The maximum atomic E-state index is 13.3. The van der Waals surface area contributed by atoms with Crippen molar-refractivity contribution in [3.63, 3.8) is 0 Å². The molecule has 0 spiro atoms. The summed E-state index contributed by atoms with van der Waals surface area (Å²) >= 11 is 0. The lowest BCUT2D eigenvalue weighted by atomic mass is 10.2. The number of hydrogen-bond donors (Lipinski definition) is 1. The second-order valence-corrected chi connectivity index (χ2v) is 9.83. The smallest absolute Gasteiger partial charge is 0.251 e. The number of nitrogens with one attached hydrogen (secondary N) is 1. The maximum Gasteiger partial charge on any atom is 0.251 e. The van der Waals surface area contributed by atoms with Crippen LogP contribution >= 0.6 is 0 Å². The van der Waals surface area contributed by atoms with Gasteiger partial charge in [-0.15, -0.1) is 0 Å². The van der Waals surface area contributed by atoms with Gasteiger partial charge in [-0.05, 0) is 35.9 Å². The van der Waals surface area contributed by atoms with Crippen LogP contribution in [0.4, 0.5) is 0 Å². The first-order valence-corrected chi connectivity index (χ1v) is 12.2. The van der Waals surface area contributed by atoms with Gasteiger partial charge in [0.15, 0.2) is 11.5 Å². The number of methoxy groups -OCH3 is 1. The number of rotatable bonds is 8. The van der Waals surface area contributed by atoms with Crippen LogP contribution in [0.25, 0.3) is 0 Å². The number of hydrogen-bond acceptors (Lipinski definition) is 6. The number of fused-ring (bicyclic) bond motifs is 1. The van der Waals surface area contributed by atoms with Gasteiger partial charge >= 0.3 is 0 Å². The third kappa shape index (κ3) is 5.16. The van der Waals surface area contributed by atoms with E-state index in [1.165, 1.54) is 36.7 Å². The molecule has 1 amide bonds. The minimum atomic E-state index is -3.92. The Bertz CT molecular complexity index is 1260. The second kappa shape index (κ2) is 10.1. The summed E-state index contributed by atoms with van der Waals surface area (Å²) in [7, 11) is -1.04. The largest absolute Gasteiger partial charge is 0.495 e. The Hall–Kier alpha value is -3.56. The first-order valence-electron chi connectivity index (χ1n) is 10.7. The molecule has 1 N–H and O–H groups in total. The zero-order chi connectivity index (χ0) is 24.1. The standard InChI is InChI=1S/C25H26N2O6S/c1-27(16-18-8-4-3-5-9-18)34(29,30)24-14-19(12-13-23(24)31-2)25(28)26-15-20-17-32-21-10-6-7-11-22(21)33-20/h3-14,20H,15-17H2,1-2H3,(H,26,28)/t20-/m0/s1. The van der Waals surface area contributed by atoms with Crippen molar-refractivity contribution in [2.75, 3.05) is 27.3 Å². The fourth-order valence-electron chi connectivity index (χ4n) is 3.59. The highest BCUT2D eigenvalue weighted by Crippen LogP contribution is 2.31. The first-order chi connectivity index (χ1) is 16.4. The molecule has 34 heavy (non-hydrogen) atoms. The van der Waals surface area contributed by atoms with Gasteiger partial charge < -0.3 is 19.5 Å².